The molecule has 8 nitrogen and oxygen atoms in total. The van der Waals surface area contributed by atoms with Crippen LogP contribution in [0.3, 0.4) is 0 Å². The fraction of sp³-hybridized carbons (Fsp3) is 0.600. The molecule has 1 aromatic carbocycles. The third kappa shape index (κ3) is 3.92. The van der Waals surface area contributed by atoms with Crippen molar-refractivity contribution < 1.29 is 39.7 Å². The summed E-state index contributed by atoms with van der Waals surface area (Å²) in [6, 6.07) is 4.99. The Labute approximate surface area is 133 Å². The molecule has 1 heterocycles. The molecule has 1 aliphatic rings. The van der Waals surface area contributed by atoms with E-state index in [0.717, 1.165) is 5.56 Å². The molecular weight excluding hydrogens is 308 g/mol. The topological polar surface area (TPSA) is 129 Å². The van der Waals surface area contributed by atoms with E-state index in [1.165, 1.54) is 7.11 Å². The minimum absolute atomic E-state index is 0.00390. The Bertz CT molecular complexity index is 506. The van der Waals surface area contributed by atoms with Crippen molar-refractivity contribution in [3.63, 3.8) is 0 Å². The number of hydrogen-bond acceptors (Lipinski definition) is 8. The molecule has 5 atom stereocenters. The zero-order chi connectivity index (χ0) is 17.0. The Balaban J connectivity index is 2.17. The molecule has 0 amide bonds. The summed E-state index contributed by atoms with van der Waals surface area (Å²) >= 11 is 0. The van der Waals surface area contributed by atoms with Gasteiger partial charge in [0.15, 0.2) is 11.5 Å². The highest BCUT2D eigenvalue weighted by molar-refractivity contribution is 5.43. The van der Waals surface area contributed by atoms with Crippen molar-refractivity contribution in [2.45, 2.75) is 37.1 Å². The van der Waals surface area contributed by atoms with Crippen LogP contribution >= 0.6 is 0 Å². The summed E-state index contributed by atoms with van der Waals surface area (Å²) < 4.78 is 16.0. The molecule has 8 heteroatoms. The third-order valence-electron chi connectivity index (χ3n) is 3.72. The van der Waals surface area contributed by atoms with E-state index in [1.54, 1.807) is 18.2 Å². The van der Waals surface area contributed by atoms with Crippen LogP contribution in [-0.2, 0) is 11.2 Å². The molecule has 0 aliphatic carbocycles. The number of aliphatic hydroxyl groups is 5. The van der Waals surface area contributed by atoms with Crippen LogP contribution in [0.2, 0.25) is 0 Å². The van der Waals surface area contributed by atoms with Crippen LogP contribution < -0.4 is 9.47 Å². The van der Waals surface area contributed by atoms with Crippen LogP contribution in [0.4, 0.5) is 0 Å². The third-order valence-corrected chi connectivity index (χ3v) is 3.72. The fourth-order valence-corrected chi connectivity index (χ4v) is 2.38. The zero-order valence-corrected chi connectivity index (χ0v) is 12.7. The molecule has 0 spiro atoms. The Hall–Kier alpha value is -1.42. The summed E-state index contributed by atoms with van der Waals surface area (Å²) in [6.07, 6.45) is -6.30. The molecule has 0 unspecified atom stereocenters. The van der Waals surface area contributed by atoms with Crippen molar-refractivity contribution in [2.75, 3.05) is 20.3 Å². The molecule has 0 bridgehead atoms. The minimum atomic E-state index is -1.51. The van der Waals surface area contributed by atoms with E-state index in [9.17, 15) is 15.3 Å². The maximum atomic E-state index is 9.97. The molecule has 1 fully saturated rings. The van der Waals surface area contributed by atoms with Gasteiger partial charge in [-0.25, -0.2) is 0 Å². The number of ether oxygens (including phenoxy) is 3. The average molecular weight is 330 g/mol. The van der Waals surface area contributed by atoms with E-state index in [-0.39, 0.29) is 12.4 Å². The van der Waals surface area contributed by atoms with E-state index in [0.29, 0.717) is 12.2 Å². The molecule has 0 aromatic heterocycles. The van der Waals surface area contributed by atoms with Gasteiger partial charge in [-0.1, -0.05) is 6.07 Å². The lowest BCUT2D eigenvalue weighted by Gasteiger charge is -2.39. The predicted molar refractivity (Wildman–Crippen MR) is 78.2 cm³/mol. The van der Waals surface area contributed by atoms with Gasteiger partial charge in [0.05, 0.1) is 13.7 Å². The molecule has 130 valence electrons. The van der Waals surface area contributed by atoms with Crippen LogP contribution in [0.15, 0.2) is 18.2 Å². The Morgan fingerprint density at radius 3 is 2.39 bits per heavy atom. The highest BCUT2D eigenvalue weighted by atomic mass is 16.7. The first kappa shape index (κ1) is 17.9. The molecule has 1 aromatic rings. The predicted octanol–water partition coefficient (Wildman–Crippen LogP) is -1.59. The second-order valence-corrected chi connectivity index (χ2v) is 5.27. The van der Waals surface area contributed by atoms with Crippen LogP contribution in [-0.4, -0.2) is 76.6 Å². The monoisotopic (exact) mass is 330 g/mol. The number of rotatable bonds is 6. The van der Waals surface area contributed by atoms with Gasteiger partial charge in [0.2, 0.25) is 6.29 Å². The van der Waals surface area contributed by atoms with Gasteiger partial charge in [-0.2, -0.15) is 0 Å². The van der Waals surface area contributed by atoms with Crippen molar-refractivity contribution in [1.82, 2.24) is 0 Å². The van der Waals surface area contributed by atoms with E-state index < -0.39 is 37.3 Å². The lowest BCUT2D eigenvalue weighted by atomic mass is 9.99. The Kier molecular flexibility index (Phi) is 6.17. The highest BCUT2D eigenvalue weighted by Gasteiger charge is 2.44. The van der Waals surface area contributed by atoms with Gasteiger partial charge in [0, 0.05) is 6.61 Å². The van der Waals surface area contributed by atoms with Crippen molar-refractivity contribution in [2.24, 2.45) is 0 Å². The van der Waals surface area contributed by atoms with Gasteiger partial charge >= 0.3 is 0 Å². The van der Waals surface area contributed by atoms with Gasteiger partial charge in [-0.3, -0.25) is 0 Å². The maximum absolute atomic E-state index is 9.97. The van der Waals surface area contributed by atoms with Crippen molar-refractivity contribution in [3.05, 3.63) is 23.8 Å². The number of benzene rings is 1. The van der Waals surface area contributed by atoms with Gasteiger partial charge in [0.1, 0.15) is 24.4 Å². The second-order valence-electron chi connectivity index (χ2n) is 5.27. The van der Waals surface area contributed by atoms with E-state index in [2.05, 4.69) is 0 Å². The van der Waals surface area contributed by atoms with Gasteiger partial charge in [-0.05, 0) is 24.1 Å². The quantitative estimate of drug-likeness (QED) is 0.422. The summed E-state index contributed by atoms with van der Waals surface area (Å²) in [5, 5.41) is 47.6. The molecule has 0 radical (unpaired) electrons. The number of methoxy groups -OCH3 is 1. The molecule has 1 aliphatic heterocycles. The van der Waals surface area contributed by atoms with E-state index in [1.807, 2.05) is 0 Å². The average Bonchev–Trinajstić information content (AvgIpc) is 2.56. The zero-order valence-electron chi connectivity index (χ0n) is 12.7. The summed E-state index contributed by atoms with van der Waals surface area (Å²) in [5.74, 6) is 0.631. The molecule has 0 saturated carbocycles. The number of aliphatic hydroxyl groups excluding tert-OH is 5. The second kappa shape index (κ2) is 7.91. The van der Waals surface area contributed by atoms with Crippen LogP contribution in [0.1, 0.15) is 5.56 Å². The van der Waals surface area contributed by atoms with Crippen molar-refractivity contribution in [3.8, 4) is 11.5 Å². The summed E-state index contributed by atoms with van der Waals surface area (Å²) in [6.45, 7) is -0.534. The molecular formula is C15H22O8. The standard InChI is InChI=1S/C15H22O8/c1-21-10-6-8(4-5-16)2-3-9(10)22-15-14(20)13(19)12(18)11(7-17)23-15/h2-3,6,11-20H,4-5,7H2,1H3/t11-,12-,13+,14-,15+/m1/s1. The smallest absolute Gasteiger partial charge is 0.229 e. The van der Waals surface area contributed by atoms with Gasteiger partial charge in [-0.15, -0.1) is 0 Å². The first-order valence-electron chi connectivity index (χ1n) is 7.26. The van der Waals surface area contributed by atoms with Crippen LogP contribution in [0.25, 0.3) is 0 Å². The molecule has 1 saturated heterocycles. The van der Waals surface area contributed by atoms with E-state index in [4.69, 9.17) is 24.4 Å². The highest BCUT2D eigenvalue weighted by Crippen LogP contribution is 2.32. The van der Waals surface area contributed by atoms with Crippen molar-refractivity contribution >= 4 is 0 Å². The largest absolute Gasteiger partial charge is 0.493 e. The lowest BCUT2D eigenvalue weighted by Crippen LogP contribution is -2.60. The van der Waals surface area contributed by atoms with Gasteiger partial charge in [0.25, 0.3) is 0 Å². The maximum Gasteiger partial charge on any atom is 0.229 e. The molecule has 2 rings (SSSR count). The van der Waals surface area contributed by atoms with E-state index >= 15 is 0 Å². The first-order chi connectivity index (χ1) is 11.0. The summed E-state index contributed by atoms with van der Waals surface area (Å²) in [7, 11) is 1.44. The Morgan fingerprint density at radius 2 is 1.78 bits per heavy atom. The lowest BCUT2D eigenvalue weighted by molar-refractivity contribution is -0.277. The molecule has 5 N–H and O–H groups in total. The molecule has 23 heavy (non-hydrogen) atoms. The fourth-order valence-electron chi connectivity index (χ4n) is 2.38. The normalized spacial score (nSPS) is 31.0. The Morgan fingerprint density at radius 1 is 1.04 bits per heavy atom. The van der Waals surface area contributed by atoms with Crippen LogP contribution in [0.5, 0.6) is 11.5 Å². The van der Waals surface area contributed by atoms with Crippen molar-refractivity contribution in [1.29, 1.82) is 0 Å². The summed E-state index contributed by atoms with van der Waals surface area (Å²) in [4.78, 5) is 0. The SMILES string of the molecule is COc1cc(CCO)ccc1O[C@H]1O[C@H](CO)[C@@H](O)[C@H](O)[C@H]1O. The summed E-state index contributed by atoms with van der Waals surface area (Å²) in [5.41, 5.74) is 0.838. The van der Waals surface area contributed by atoms with Crippen LogP contribution in [0, 0.1) is 0 Å². The minimum Gasteiger partial charge on any atom is -0.493 e. The number of hydrogen-bond donors (Lipinski definition) is 5. The van der Waals surface area contributed by atoms with Gasteiger partial charge < -0.3 is 39.7 Å². The first-order valence-corrected chi connectivity index (χ1v) is 7.26.